The Hall–Kier alpha value is -4.50. The van der Waals surface area contributed by atoms with E-state index in [0.717, 1.165) is 12.0 Å². The summed E-state index contributed by atoms with van der Waals surface area (Å²) in [5.74, 6) is -1.51. The molecule has 0 unspecified atom stereocenters. The Bertz CT molecular complexity index is 1310. The van der Waals surface area contributed by atoms with Gasteiger partial charge in [0.05, 0.1) is 12.2 Å². The molecular formula is C30H34N4O5. The molecule has 3 aromatic rings. The van der Waals surface area contributed by atoms with Crippen molar-refractivity contribution < 1.29 is 23.9 Å². The van der Waals surface area contributed by atoms with Gasteiger partial charge in [0.25, 0.3) is 5.91 Å². The standard InChI is InChI=1S/C30H34N4O5/c1-3-39-30(38)22-12-9-13-23(18-22)33-28(36)25-16-15-24(19-26(25)21-10-5-4-6-11-21)34-29(37)27(32-20(2)35)14-7-8-17-31/h4-6,9-13,15-16,18-19,27H,3,7-8,14,17,31H2,1-2H3,(H,32,35)(H,33,36)(H,34,37)/t27-/m0/s1. The molecule has 3 amide bonds. The van der Waals surface area contributed by atoms with Crippen molar-refractivity contribution >= 4 is 35.1 Å². The van der Waals surface area contributed by atoms with Gasteiger partial charge in [0.15, 0.2) is 0 Å². The van der Waals surface area contributed by atoms with Gasteiger partial charge >= 0.3 is 5.97 Å². The average Bonchev–Trinajstić information content (AvgIpc) is 2.93. The number of hydrogen-bond donors (Lipinski definition) is 4. The fraction of sp³-hybridized carbons (Fsp3) is 0.267. The van der Waals surface area contributed by atoms with E-state index < -0.39 is 12.0 Å². The fourth-order valence-electron chi connectivity index (χ4n) is 4.05. The maximum absolute atomic E-state index is 13.4. The summed E-state index contributed by atoms with van der Waals surface area (Å²) in [5, 5.41) is 8.40. The second-order valence-corrected chi connectivity index (χ2v) is 8.91. The average molecular weight is 531 g/mol. The number of unbranched alkanes of at least 4 members (excludes halogenated alkanes) is 1. The zero-order valence-electron chi connectivity index (χ0n) is 22.2. The van der Waals surface area contributed by atoms with Crippen molar-refractivity contribution in [3.8, 4) is 11.1 Å². The number of carbonyl (C=O) groups excluding carboxylic acids is 4. The molecular weight excluding hydrogens is 496 g/mol. The molecule has 9 heteroatoms. The van der Waals surface area contributed by atoms with Gasteiger partial charge < -0.3 is 26.4 Å². The van der Waals surface area contributed by atoms with Gasteiger partial charge in [-0.15, -0.1) is 0 Å². The van der Waals surface area contributed by atoms with Crippen molar-refractivity contribution in [1.82, 2.24) is 5.32 Å². The number of hydrogen-bond acceptors (Lipinski definition) is 6. The maximum atomic E-state index is 13.4. The number of nitrogens with one attached hydrogen (secondary N) is 3. The van der Waals surface area contributed by atoms with Gasteiger partial charge in [-0.2, -0.15) is 0 Å². The summed E-state index contributed by atoms with van der Waals surface area (Å²) in [4.78, 5) is 50.1. The number of ether oxygens (including phenoxy) is 1. The maximum Gasteiger partial charge on any atom is 0.338 e. The first kappa shape index (κ1) is 29.1. The van der Waals surface area contributed by atoms with Crippen LogP contribution in [0.25, 0.3) is 11.1 Å². The van der Waals surface area contributed by atoms with E-state index in [0.29, 0.717) is 47.5 Å². The van der Waals surface area contributed by atoms with Crippen LogP contribution in [0.15, 0.2) is 72.8 Å². The van der Waals surface area contributed by atoms with Gasteiger partial charge in [-0.3, -0.25) is 14.4 Å². The molecule has 5 N–H and O–H groups in total. The van der Waals surface area contributed by atoms with E-state index in [9.17, 15) is 19.2 Å². The lowest BCUT2D eigenvalue weighted by Crippen LogP contribution is -2.42. The SMILES string of the molecule is CCOC(=O)c1cccc(NC(=O)c2ccc(NC(=O)[C@H](CCCCN)NC(C)=O)cc2-c2ccccc2)c1. The Kier molecular flexibility index (Phi) is 10.8. The van der Waals surface area contributed by atoms with E-state index in [2.05, 4.69) is 16.0 Å². The van der Waals surface area contributed by atoms with Gasteiger partial charge in [0.1, 0.15) is 6.04 Å². The molecule has 0 aliphatic rings. The fourth-order valence-corrected chi connectivity index (χ4v) is 4.05. The van der Waals surface area contributed by atoms with Crippen LogP contribution in [0.5, 0.6) is 0 Å². The summed E-state index contributed by atoms with van der Waals surface area (Å²) in [7, 11) is 0. The number of anilines is 2. The quantitative estimate of drug-likeness (QED) is 0.203. The summed E-state index contributed by atoms with van der Waals surface area (Å²) in [5.41, 5.74) is 8.58. The predicted octanol–water partition coefficient (Wildman–Crippen LogP) is 4.35. The molecule has 0 heterocycles. The number of nitrogens with two attached hydrogens (primary N) is 1. The molecule has 0 radical (unpaired) electrons. The Morgan fingerprint density at radius 2 is 1.62 bits per heavy atom. The molecule has 0 fully saturated rings. The summed E-state index contributed by atoms with van der Waals surface area (Å²) in [6.45, 7) is 3.85. The van der Waals surface area contributed by atoms with Crippen LogP contribution < -0.4 is 21.7 Å². The second kappa shape index (κ2) is 14.4. The van der Waals surface area contributed by atoms with Crippen molar-refractivity contribution in [2.75, 3.05) is 23.8 Å². The summed E-state index contributed by atoms with van der Waals surface area (Å²) in [6, 6.07) is 20.1. The van der Waals surface area contributed by atoms with Crippen LogP contribution in [-0.2, 0) is 14.3 Å². The third-order valence-corrected chi connectivity index (χ3v) is 5.89. The number of rotatable bonds is 12. The van der Waals surface area contributed by atoms with Crippen LogP contribution in [0, 0.1) is 0 Å². The summed E-state index contributed by atoms with van der Waals surface area (Å²) < 4.78 is 5.04. The smallest absolute Gasteiger partial charge is 0.338 e. The monoisotopic (exact) mass is 530 g/mol. The first-order valence-corrected chi connectivity index (χ1v) is 12.9. The van der Waals surface area contributed by atoms with Crippen molar-refractivity contribution in [3.05, 3.63) is 83.9 Å². The van der Waals surface area contributed by atoms with Crippen molar-refractivity contribution in [2.24, 2.45) is 5.73 Å². The Morgan fingerprint density at radius 3 is 2.31 bits per heavy atom. The molecule has 3 aromatic carbocycles. The van der Waals surface area contributed by atoms with E-state index in [4.69, 9.17) is 10.5 Å². The molecule has 39 heavy (non-hydrogen) atoms. The first-order chi connectivity index (χ1) is 18.8. The van der Waals surface area contributed by atoms with Crippen LogP contribution in [0.3, 0.4) is 0 Å². The molecule has 0 spiro atoms. The minimum absolute atomic E-state index is 0.248. The molecule has 204 valence electrons. The van der Waals surface area contributed by atoms with Crippen molar-refractivity contribution in [3.63, 3.8) is 0 Å². The molecule has 9 nitrogen and oxygen atoms in total. The first-order valence-electron chi connectivity index (χ1n) is 12.9. The number of esters is 1. The zero-order chi connectivity index (χ0) is 28.2. The molecule has 0 bridgehead atoms. The lowest BCUT2D eigenvalue weighted by molar-refractivity contribution is -0.125. The van der Waals surface area contributed by atoms with Gasteiger partial charge in [0.2, 0.25) is 11.8 Å². The lowest BCUT2D eigenvalue weighted by atomic mass is 9.98. The van der Waals surface area contributed by atoms with E-state index in [1.54, 1.807) is 49.4 Å². The number of carbonyl (C=O) groups is 4. The van der Waals surface area contributed by atoms with Gasteiger partial charge in [-0.25, -0.2) is 4.79 Å². The van der Waals surface area contributed by atoms with Crippen LogP contribution in [0.4, 0.5) is 11.4 Å². The largest absolute Gasteiger partial charge is 0.462 e. The second-order valence-electron chi connectivity index (χ2n) is 8.91. The van der Waals surface area contributed by atoms with E-state index in [1.165, 1.54) is 6.92 Å². The van der Waals surface area contributed by atoms with Crippen LogP contribution in [-0.4, -0.2) is 42.9 Å². The van der Waals surface area contributed by atoms with Gasteiger partial charge in [-0.05, 0) is 80.3 Å². The van der Waals surface area contributed by atoms with E-state index in [1.807, 2.05) is 30.3 Å². The minimum Gasteiger partial charge on any atom is -0.462 e. The lowest BCUT2D eigenvalue weighted by Gasteiger charge is -2.18. The Morgan fingerprint density at radius 1 is 0.872 bits per heavy atom. The summed E-state index contributed by atoms with van der Waals surface area (Å²) >= 11 is 0. The topological polar surface area (TPSA) is 140 Å². The normalized spacial score (nSPS) is 11.3. The molecule has 0 aliphatic carbocycles. The molecule has 3 rings (SSSR count). The van der Waals surface area contributed by atoms with E-state index in [-0.39, 0.29) is 24.3 Å². The van der Waals surface area contributed by atoms with Crippen LogP contribution in [0.2, 0.25) is 0 Å². The highest BCUT2D eigenvalue weighted by atomic mass is 16.5. The third kappa shape index (κ3) is 8.51. The molecule has 1 atom stereocenters. The highest BCUT2D eigenvalue weighted by Crippen LogP contribution is 2.28. The van der Waals surface area contributed by atoms with Gasteiger partial charge in [-0.1, -0.05) is 36.4 Å². The summed E-state index contributed by atoms with van der Waals surface area (Å²) in [6.07, 6.45) is 1.90. The Balaban J connectivity index is 1.87. The molecule has 0 saturated heterocycles. The highest BCUT2D eigenvalue weighted by Gasteiger charge is 2.21. The number of amides is 3. The zero-order valence-corrected chi connectivity index (χ0v) is 22.2. The molecule has 0 saturated carbocycles. The third-order valence-electron chi connectivity index (χ3n) is 5.89. The highest BCUT2D eigenvalue weighted by molar-refractivity contribution is 6.10. The minimum atomic E-state index is -0.705. The van der Waals surface area contributed by atoms with E-state index >= 15 is 0 Å². The van der Waals surface area contributed by atoms with Gasteiger partial charge in [0, 0.05) is 23.9 Å². The Labute approximate surface area is 228 Å². The molecule has 0 aliphatic heterocycles. The van der Waals surface area contributed by atoms with Crippen LogP contribution in [0.1, 0.15) is 53.8 Å². The van der Waals surface area contributed by atoms with Crippen LogP contribution >= 0.6 is 0 Å². The predicted molar refractivity (Wildman–Crippen MR) is 151 cm³/mol. The number of benzene rings is 3. The molecule has 0 aromatic heterocycles. The van der Waals surface area contributed by atoms with Crippen molar-refractivity contribution in [2.45, 2.75) is 39.2 Å². The van der Waals surface area contributed by atoms with Crippen molar-refractivity contribution in [1.29, 1.82) is 0 Å².